The summed E-state index contributed by atoms with van der Waals surface area (Å²) in [4.78, 5) is 9.67. The average Bonchev–Trinajstić information content (AvgIpc) is 3.17. The van der Waals surface area contributed by atoms with E-state index in [1.807, 2.05) is 6.20 Å². The van der Waals surface area contributed by atoms with Gasteiger partial charge in [0, 0.05) is 44.0 Å². The van der Waals surface area contributed by atoms with Gasteiger partial charge in [-0.1, -0.05) is 0 Å². The molecule has 0 aliphatic carbocycles. The lowest BCUT2D eigenvalue weighted by atomic mass is 9.98. The lowest BCUT2D eigenvalue weighted by Gasteiger charge is -2.33. The first-order valence-corrected chi connectivity index (χ1v) is 7.98. The lowest BCUT2D eigenvalue weighted by molar-refractivity contribution is 0.0814. The molecule has 1 saturated heterocycles. The summed E-state index contributed by atoms with van der Waals surface area (Å²) in [6, 6.07) is 0.363. The van der Waals surface area contributed by atoms with Crippen LogP contribution in [0.15, 0.2) is 12.5 Å². The van der Waals surface area contributed by atoms with Gasteiger partial charge >= 0.3 is 0 Å². The highest BCUT2D eigenvalue weighted by atomic mass is 16.5. The molecule has 2 aromatic heterocycles. The van der Waals surface area contributed by atoms with Gasteiger partial charge in [0.1, 0.15) is 11.6 Å². The fourth-order valence-corrected chi connectivity index (χ4v) is 3.63. The summed E-state index contributed by atoms with van der Waals surface area (Å²) in [6.45, 7) is 3.55. The Hall–Kier alpha value is -1.73. The number of aromatic nitrogens is 5. The molecule has 2 aromatic rings. The van der Waals surface area contributed by atoms with Gasteiger partial charge in [-0.05, 0) is 19.9 Å². The maximum absolute atomic E-state index is 5.49. The summed E-state index contributed by atoms with van der Waals surface area (Å²) in [5.41, 5.74) is 1.16. The van der Waals surface area contributed by atoms with E-state index >= 15 is 0 Å². The van der Waals surface area contributed by atoms with Crippen LogP contribution in [0, 0.1) is 0 Å². The standard InChI is InChI=1S/C15H22N6O/c1-20-8-13(6-12-7-16-10-17-12)21-14(9-20)18-19-15(21)11-2-4-22-5-3-11/h7,10-11,13H,2-6,8-9H2,1H3,(H,16,17)/t13-/m0/s1. The van der Waals surface area contributed by atoms with E-state index in [2.05, 4.69) is 36.7 Å². The monoisotopic (exact) mass is 302 g/mol. The Labute approximate surface area is 129 Å². The van der Waals surface area contributed by atoms with Crippen LogP contribution in [0.3, 0.4) is 0 Å². The Morgan fingerprint density at radius 1 is 1.32 bits per heavy atom. The molecule has 4 rings (SSSR count). The number of rotatable bonds is 3. The molecule has 0 spiro atoms. The number of imidazole rings is 1. The smallest absolute Gasteiger partial charge is 0.147 e. The third-order valence-corrected chi connectivity index (χ3v) is 4.69. The van der Waals surface area contributed by atoms with E-state index in [0.29, 0.717) is 12.0 Å². The molecule has 0 unspecified atom stereocenters. The molecule has 1 N–H and O–H groups in total. The summed E-state index contributed by atoms with van der Waals surface area (Å²) in [6.07, 6.45) is 6.68. The molecule has 1 fully saturated rings. The van der Waals surface area contributed by atoms with Crippen molar-refractivity contribution in [3.8, 4) is 0 Å². The number of ether oxygens (including phenoxy) is 1. The Balaban J connectivity index is 1.66. The molecular weight excluding hydrogens is 280 g/mol. The molecule has 7 nitrogen and oxygen atoms in total. The van der Waals surface area contributed by atoms with Crippen LogP contribution < -0.4 is 0 Å². The molecule has 2 aliphatic rings. The van der Waals surface area contributed by atoms with Gasteiger partial charge in [0.25, 0.3) is 0 Å². The normalized spacial score (nSPS) is 23.6. The van der Waals surface area contributed by atoms with Crippen LogP contribution in [0.5, 0.6) is 0 Å². The summed E-state index contributed by atoms with van der Waals surface area (Å²) >= 11 is 0. The molecular formula is C15H22N6O. The van der Waals surface area contributed by atoms with Crippen molar-refractivity contribution in [3.63, 3.8) is 0 Å². The molecule has 0 aromatic carbocycles. The molecule has 2 aliphatic heterocycles. The van der Waals surface area contributed by atoms with Gasteiger partial charge in [-0.15, -0.1) is 10.2 Å². The van der Waals surface area contributed by atoms with Crippen molar-refractivity contribution in [2.24, 2.45) is 0 Å². The number of likely N-dealkylation sites (N-methyl/N-ethyl adjacent to an activating group) is 1. The Kier molecular flexibility index (Phi) is 3.67. The summed E-state index contributed by atoms with van der Waals surface area (Å²) in [5.74, 6) is 2.71. The van der Waals surface area contributed by atoms with Crippen molar-refractivity contribution in [2.75, 3.05) is 26.8 Å². The quantitative estimate of drug-likeness (QED) is 0.920. The van der Waals surface area contributed by atoms with Crippen molar-refractivity contribution < 1.29 is 4.74 Å². The molecule has 0 bridgehead atoms. The zero-order valence-electron chi connectivity index (χ0n) is 12.9. The van der Waals surface area contributed by atoms with Crippen LogP contribution in [-0.4, -0.2) is 56.4 Å². The SMILES string of the molecule is CN1Cc2nnc(C3CCOCC3)n2[C@@H](Cc2cnc[nH]2)C1. The minimum Gasteiger partial charge on any atom is -0.381 e. The zero-order valence-corrected chi connectivity index (χ0v) is 12.9. The second-order valence-electron chi connectivity index (χ2n) is 6.36. The molecule has 22 heavy (non-hydrogen) atoms. The maximum atomic E-state index is 5.49. The van der Waals surface area contributed by atoms with Gasteiger partial charge < -0.3 is 14.3 Å². The minimum absolute atomic E-state index is 0.363. The van der Waals surface area contributed by atoms with Crippen molar-refractivity contribution in [2.45, 2.75) is 37.8 Å². The van der Waals surface area contributed by atoms with E-state index in [-0.39, 0.29) is 0 Å². The van der Waals surface area contributed by atoms with Gasteiger partial charge in [-0.2, -0.15) is 0 Å². The molecule has 0 saturated carbocycles. The highest BCUT2D eigenvalue weighted by Crippen LogP contribution is 2.31. The zero-order chi connectivity index (χ0) is 14.9. The van der Waals surface area contributed by atoms with E-state index in [0.717, 1.165) is 62.9 Å². The second kappa shape index (κ2) is 5.81. The predicted octanol–water partition coefficient (Wildman–Crippen LogP) is 1.12. The van der Waals surface area contributed by atoms with Crippen LogP contribution in [0.4, 0.5) is 0 Å². The third-order valence-electron chi connectivity index (χ3n) is 4.69. The second-order valence-corrected chi connectivity index (χ2v) is 6.36. The van der Waals surface area contributed by atoms with Gasteiger partial charge in [0.15, 0.2) is 0 Å². The van der Waals surface area contributed by atoms with Crippen molar-refractivity contribution >= 4 is 0 Å². The number of aromatic amines is 1. The number of hydrogen-bond acceptors (Lipinski definition) is 5. The van der Waals surface area contributed by atoms with Crippen molar-refractivity contribution in [1.82, 2.24) is 29.6 Å². The van der Waals surface area contributed by atoms with E-state index in [1.165, 1.54) is 0 Å². The topological polar surface area (TPSA) is 71.9 Å². The minimum atomic E-state index is 0.363. The van der Waals surface area contributed by atoms with Gasteiger partial charge in [-0.3, -0.25) is 4.90 Å². The predicted molar refractivity (Wildman–Crippen MR) is 80.5 cm³/mol. The molecule has 0 amide bonds. The highest BCUT2D eigenvalue weighted by molar-refractivity contribution is 5.10. The van der Waals surface area contributed by atoms with Gasteiger partial charge in [0.05, 0.1) is 18.9 Å². The Bertz CT molecular complexity index is 616. The first-order valence-electron chi connectivity index (χ1n) is 7.98. The summed E-state index contributed by atoms with van der Waals surface area (Å²) in [7, 11) is 2.15. The first kappa shape index (κ1) is 13.9. The fraction of sp³-hybridized carbons (Fsp3) is 0.667. The van der Waals surface area contributed by atoms with Crippen molar-refractivity contribution in [1.29, 1.82) is 0 Å². The van der Waals surface area contributed by atoms with Crippen LogP contribution in [0.1, 0.15) is 42.1 Å². The number of hydrogen-bond donors (Lipinski definition) is 1. The van der Waals surface area contributed by atoms with E-state index in [4.69, 9.17) is 4.74 Å². The van der Waals surface area contributed by atoms with Crippen LogP contribution in [0.25, 0.3) is 0 Å². The van der Waals surface area contributed by atoms with E-state index in [9.17, 15) is 0 Å². The summed E-state index contributed by atoms with van der Waals surface area (Å²) < 4.78 is 7.88. The number of nitrogens with zero attached hydrogens (tertiary/aromatic N) is 5. The van der Waals surface area contributed by atoms with Crippen molar-refractivity contribution in [3.05, 3.63) is 29.9 Å². The average molecular weight is 302 g/mol. The fourth-order valence-electron chi connectivity index (χ4n) is 3.63. The van der Waals surface area contributed by atoms with Crippen LogP contribution in [0.2, 0.25) is 0 Å². The molecule has 0 radical (unpaired) electrons. The van der Waals surface area contributed by atoms with Gasteiger partial charge in [0.2, 0.25) is 0 Å². The largest absolute Gasteiger partial charge is 0.381 e. The Morgan fingerprint density at radius 3 is 2.95 bits per heavy atom. The van der Waals surface area contributed by atoms with E-state index < -0.39 is 0 Å². The number of H-pyrrole nitrogens is 1. The maximum Gasteiger partial charge on any atom is 0.147 e. The molecule has 118 valence electrons. The van der Waals surface area contributed by atoms with Crippen LogP contribution >= 0.6 is 0 Å². The highest BCUT2D eigenvalue weighted by Gasteiger charge is 2.31. The molecule has 7 heteroatoms. The Morgan fingerprint density at radius 2 is 2.18 bits per heavy atom. The number of nitrogens with one attached hydrogen (secondary N) is 1. The first-order chi connectivity index (χ1) is 10.8. The third kappa shape index (κ3) is 2.55. The van der Waals surface area contributed by atoms with Gasteiger partial charge in [-0.25, -0.2) is 4.98 Å². The van der Waals surface area contributed by atoms with Crippen LogP contribution in [-0.2, 0) is 17.7 Å². The molecule has 1 atom stereocenters. The number of fused-ring (bicyclic) bond motifs is 1. The lowest BCUT2D eigenvalue weighted by Crippen LogP contribution is -2.37. The summed E-state index contributed by atoms with van der Waals surface area (Å²) in [5, 5.41) is 9.01. The molecule has 4 heterocycles. The van der Waals surface area contributed by atoms with E-state index in [1.54, 1.807) is 6.33 Å².